The number of benzene rings is 2. The summed E-state index contributed by atoms with van der Waals surface area (Å²) in [7, 11) is 0. The van der Waals surface area contributed by atoms with Crippen LogP contribution in [0, 0.1) is 0 Å². The molecule has 1 atom stereocenters. The number of hydrogen-bond donors (Lipinski definition) is 1. The summed E-state index contributed by atoms with van der Waals surface area (Å²) in [6, 6.07) is 9.72. The van der Waals surface area contributed by atoms with Crippen molar-refractivity contribution in [2.24, 2.45) is 0 Å². The fourth-order valence-corrected chi connectivity index (χ4v) is 5.11. The molecule has 1 N–H and O–H groups in total. The highest BCUT2D eigenvalue weighted by Gasteiger charge is 2.34. The van der Waals surface area contributed by atoms with E-state index in [4.69, 9.17) is 21.4 Å². The standard InChI is InChI=1S/C26H25ClF3NO4S/c1-4-20(25(33)34)35-21-11-9-15(13-18(21)27)19(32)10-12-22-23(14(2)3)31-24(36-22)16-7-5-6-8-17(16)26(28,29)30/h5-9,11,13-14,20H,4,10,12H2,1-3H3,(H,33,34). The van der Waals surface area contributed by atoms with Crippen molar-refractivity contribution in [1.29, 1.82) is 0 Å². The first-order valence-corrected chi connectivity index (χ1v) is 12.5. The molecule has 0 radical (unpaired) electrons. The molecule has 0 aliphatic rings. The minimum absolute atomic E-state index is 0.0172. The summed E-state index contributed by atoms with van der Waals surface area (Å²) in [5.41, 5.74) is 0.264. The van der Waals surface area contributed by atoms with E-state index in [9.17, 15) is 22.8 Å². The molecule has 1 aromatic heterocycles. The van der Waals surface area contributed by atoms with E-state index >= 15 is 0 Å². The zero-order chi connectivity index (χ0) is 26.6. The number of rotatable bonds is 10. The van der Waals surface area contributed by atoms with Gasteiger partial charge >= 0.3 is 12.1 Å². The van der Waals surface area contributed by atoms with Crippen molar-refractivity contribution in [1.82, 2.24) is 4.98 Å². The van der Waals surface area contributed by atoms with E-state index in [-0.39, 0.29) is 45.9 Å². The summed E-state index contributed by atoms with van der Waals surface area (Å²) < 4.78 is 46.0. The molecule has 0 bridgehead atoms. The van der Waals surface area contributed by atoms with Gasteiger partial charge in [-0.3, -0.25) is 4.79 Å². The Labute approximate surface area is 215 Å². The quantitative estimate of drug-likeness (QED) is 0.268. The van der Waals surface area contributed by atoms with Crippen LogP contribution in [0.1, 0.15) is 66.0 Å². The Morgan fingerprint density at radius 2 is 1.86 bits per heavy atom. The number of carbonyl (C=O) groups excluding carboxylic acids is 1. The van der Waals surface area contributed by atoms with Crippen molar-refractivity contribution >= 4 is 34.7 Å². The molecule has 0 saturated carbocycles. The number of aliphatic carboxylic acids is 1. The fraction of sp³-hybridized carbons (Fsp3) is 0.346. The number of aromatic nitrogens is 1. The predicted octanol–water partition coefficient (Wildman–Crippen LogP) is 7.66. The van der Waals surface area contributed by atoms with Crippen molar-refractivity contribution < 1.29 is 32.6 Å². The first kappa shape index (κ1) is 27.7. The lowest BCUT2D eigenvalue weighted by molar-refractivity contribution is -0.145. The first-order chi connectivity index (χ1) is 16.9. The maximum atomic E-state index is 13.5. The van der Waals surface area contributed by atoms with Crippen LogP contribution >= 0.6 is 22.9 Å². The summed E-state index contributed by atoms with van der Waals surface area (Å²) in [6.45, 7) is 5.47. The van der Waals surface area contributed by atoms with Gasteiger partial charge in [0.1, 0.15) is 10.8 Å². The summed E-state index contributed by atoms with van der Waals surface area (Å²) in [5, 5.41) is 9.54. The Bertz CT molecular complexity index is 1260. The van der Waals surface area contributed by atoms with Crippen LogP contribution in [0.15, 0.2) is 42.5 Å². The second kappa shape index (κ2) is 11.4. The predicted molar refractivity (Wildman–Crippen MR) is 133 cm³/mol. The number of Topliss-reactive ketones (excluding diaryl/α,β-unsaturated/α-hetero) is 1. The van der Waals surface area contributed by atoms with Gasteiger partial charge < -0.3 is 9.84 Å². The Hall–Kier alpha value is -2.91. The molecule has 1 unspecified atom stereocenters. The molecule has 0 aliphatic heterocycles. The second-order valence-corrected chi connectivity index (χ2v) is 9.94. The highest BCUT2D eigenvalue weighted by atomic mass is 35.5. The molecule has 192 valence electrons. The lowest BCUT2D eigenvalue weighted by atomic mass is 10.0. The number of thiazole rings is 1. The molecular formula is C26H25ClF3NO4S. The lowest BCUT2D eigenvalue weighted by Gasteiger charge is -2.14. The lowest BCUT2D eigenvalue weighted by Crippen LogP contribution is -2.26. The molecule has 3 aromatic rings. The smallest absolute Gasteiger partial charge is 0.417 e. The average Bonchev–Trinajstić information content (AvgIpc) is 3.25. The van der Waals surface area contributed by atoms with Crippen molar-refractivity contribution in [3.05, 3.63) is 69.2 Å². The van der Waals surface area contributed by atoms with Crippen molar-refractivity contribution in [2.75, 3.05) is 0 Å². The highest BCUT2D eigenvalue weighted by Crippen LogP contribution is 2.40. The molecule has 10 heteroatoms. The van der Waals surface area contributed by atoms with Gasteiger partial charge in [0.05, 0.1) is 16.3 Å². The highest BCUT2D eigenvalue weighted by molar-refractivity contribution is 7.15. The van der Waals surface area contributed by atoms with Gasteiger partial charge in [-0.2, -0.15) is 13.2 Å². The van der Waals surface area contributed by atoms with Crippen LogP contribution in [0.25, 0.3) is 10.6 Å². The van der Waals surface area contributed by atoms with Crippen molar-refractivity contribution in [2.45, 2.75) is 58.2 Å². The van der Waals surface area contributed by atoms with E-state index in [0.29, 0.717) is 17.7 Å². The number of nitrogens with zero attached hydrogens (tertiary/aromatic N) is 1. The van der Waals surface area contributed by atoms with E-state index < -0.39 is 23.8 Å². The topological polar surface area (TPSA) is 76.5 Å². The number of aryl methyl sites for hydroxylation is 1. The summed E-state index contributed by atoms with van der Waals surface area (Å²) >= 11 is 7.38. The second-order valence-electron chi connectivity index (χ2n) is 8.45. The third-order valence-electron chi connectivity index (χ3n) is 5.49. The van der Waals surface area contributed by atoms with Gasteiger partial charge in [0.2, 0.25) is 0 Å². The molecule has 0 spiro atoms. The van der Waals surface area contributed by atoms with Gasteiger partial charge in [0.15, 0.2) is 11.9 Å². The molecule has 5 nitrogen and oxygen atoms in total. The van der Waals surface area contributed by atoms with Gasteiger partial charge in [0.25, 0.3) is 0 Å². The SMILES string of the molecule is CCC(Oc1ccc(C(=O)CCc2sc(-c3ccccc3C(F)(F)F)nc2C(C)C)cc1Cl)C(=O)O. The zero-order valence-corrected chi connectivity index (χ0v) is 21.4. The monoisotopic (exact) mass is 539 g/mol. The summed E-state index contributed by atoms with van der Waals surface area (Å²) in [4.78, 5) is 29.3. The normalized spacial score (nSPS) is 12.6. The molecule has 2 aromatic carbocycles. The largest absolute Gasteiger partial charge is 0.479 e. The minimum atomic E-state index is -4.51. The Balaban J connectivity index is 1.80. The first-order valence-electron chi connectivity index (χ1n) is 11.3. The Morgan fingerprint density at radius 3 is 2.44 bits per heavy atom. The van der Waals surface area contributed by atoms with Crippen LogP contribution < -0.4 is 4.74 Å². The minimum Gasteiger partial charge on any atom is -0.479 e. The number of ketones is 1. The average molecular weight is 540 g/mol. The third-order valence-corrected chi connectivity index (χ3v) is 6.95. The van der Waals surface area contributed by atoms with Crippen molar-refractivity contribution in [3.63, 3.8) is 0 Å². The van der Waals surface area contributed by atoms with Crippen LogP contribution in [-0.2, 0) is 17.4 Å². The number of hydrogen-bond acceptors (Lipinski definition) is 5. The molecule has 0 aliphatic carbocycles. The fourth-order valence-electron chi connectivity index (χ4n) is 3.63. The van der Waals surface area contributed by atoms with Crippen molar-refractivity contribution in [3.8, 4) is 16.3 Å². The molecule has 0 amide bonds. The van der Waals surface area contributed by atoms with E-state index in [1.807, 2.05) is 13.8 Å². The van der Waals surface area contributed by atoms with E-state index in [2.05, 4.69) is 4.98 Å². The zero-order valence-electron chi connectivity index (χ0n) is 19.9. The van der Waals surface area contributed by atoms with Gasteiger partial charge in [-0.15, -0.1) is 11.3 Å². The number of halogens is 4. The van der Waals surface area contributed by atoms with Crippen LogP contribution in [0.5, 0.6) is 5.75 Å². The number of carboxylic acid groups (broad SMARTS) is 1. The van der Waals surface area contributed by atoms with Gasteiger partial charge in [-0.1, -0.05) is 50.6 Å². The van der Waals surface area contributed by atoms with Crippen LogP contribution in [0.3, 0.4) is 0 Å². The molecule has 36 heavy (non-hydrogen) atoms. The van der Waals surface area contributed by atoms with E-state index in [0.717, 1.165) is 22.3 Å². The van der Waals surface area contributed by atoms with Gasteiger partial charge in [-0.05, 0) is 43.0 Å². The summed E-state index contributed by atoms with van der Waals surface area (Å²) in [6.07, 6.45) is -4.90. The Morgan fingerprint density at radius 1 is 1.17 bits per heavy atom. The Kier molecular flexibility index (Phi) is 8.79. The van der Waals surface area contributed by atoms with Gasteiger partial charge in [-0.25, -0.2) is 9.78 Å². The molecule has 1 heterocycles. The molecule has 0 saturated heterocycles. The van der Waals surface area contributed by atoms with E-state index in [1.165, 1.54) is 30.3 Å². The summed E-state index contributed by atoms with van der Waals surface area (Å²) in [5.74, 6) is -1.20. The maximum absolute atomic E-state index is 13.5. The van der Waals surface area contributed by atoms with Crippen LogP contribution in [-0.4, -0.2) is 27.9 Å². The number of carboxylic acids is 1. The van der Waals surface area contributed by atoms with Crippen LogP contribution in [0.2, 0.25) is 5.02 Å². The maximum Gasteiger partial charge on any atom is 0.417 e. The molecular weight excluding hydrogens is 515 g/mol. The number of alkyl halides is 3. The number of carbonyl (C=O) groups is 2. The third kappa shape index (κ3) is 6.44. The molecule has 3 rings (SSSR count). The van der Waals surface area contributed by atoms with Crippen LogP contribution in [0.4, 0.5) is 13.2 Å². The molecule has 0 fully saturated rings. The number of ether oxygens (including phenoxy) is 1. The van der Waals surface area contributed by atoms with Gasteiger partial charge in [0, 0.05) is 22.4 Å². The van der Waals surface area contributed by atoms with E-state index in [1.54, 1.807) is 13.0 Å².